The number of nitrogens with two attached hydrogens (primary N) is 4. The number of rotatable bonds is 20. The quantitative estimate of drug-likeness (QED) is 0.0147. The van der Waals surface area contributed by atoms with Gasteiger partial charge in [-0.05, 0) is 231 Å². The number of hydrogen-bond donors (Lipinski definition) is 10. The number of ether oxygens (including phenoxy) is 4. The van der Waals surface area contributed by atoms with Gasteiger partial charge in [-0.25, -0.2) is 22.7 Å². The predicted molar refractivity (Wildman–Crippen MR) is 585 cm³/mol. The molecule has 0 fully saturated rings. The molecule has 0 aliphatic carbocycles. The second kappa shape index (κ2) is 80.2. The average molecular weight is 2670 g/mol. The smallest absolute Gasteiger partial charge is 0.341 e. The Bertz CT molecular complexity index is 6100. The van der Waals surface area contributed by atoms with Crippen LogP contribution < -0.4 is 74.5 Å². The summed E-state index contributed by atoms with van der Waals surface area (Å²) in [5, 5.41) is 23.3. The minimum Gasteiger partial charge on any atom is -0.496 e. The van der Waals surface area contributed by atoms with Crippen LogP contribution in [0, 0.1) is 79.7 Å². The fraction of sp³-hybridized carbons (Fsp3) is 0.224. The molecule has 6 aromatic heterocycles. The number of pyridine rings is 6. The summed E-state index contributed by atoms with van der Waals surface area (Å²) in [6, 6.07) is 66.3. The molecule has 0 bridgehead atoms. The van der Waals surface area contributed by atoms with Gasteiger partial charge in [-0.15, -0.1) is 0 Å². The number of anilines is 4. The number of aryl methyl sites for hydroxylation is 8. The van der Waals surface area contributed by atoms with E-state index in [1.165, 1.54) is 70.7 Å². The standard InChI is InChI=1S/2C25H20N3O3.2C12H15N2O.2C12H9NO3.8C2H6.2CH4.4W/c1-17-16-23(31-20-10-12-26-13-11-20)18(2)15-22(17)27-24(29)21-9-6-14-28(25(21)30)19-7-4-3-5-8-19;1-16-13-23(31-19-8-10-26-11-9-19)17(2)12-22(16)28-25(30)21-15-27-14-20(24(21)29)18-6-4-3-5-7-18;2*1-8-7-12(9(2)6-11(8)14)15-10(3)4-5-13;14-11-10(12(15)16)7-4-8-13(11)9-5-2-1-3-6-9;14-11-9(8-4-2-1-3-5-8)6-13-7-10(11)12(15)16;8*1-2;;;;;;/h3-10,12-16H,1-2H3,(H,27,29);3-8,10-15H,1-2H3,(H,27,29)(H,28,30);2*5-7H,3,13-14H2,1-2H3;1-8H,(H,15,16);1-7H,(H,13,14)(H,15,16);8*1-2H3;2*1H4;;;;/q4*-1;;;;;;;;;;;;;;;;. The van der Waals surface area contributed by atoms with Crippen molar-refractivity contribution in [2.45, 2.75) is 181 Å². The van der Waals surface area contributed by atoms with Gasteiger partial charge in [0.05, 0.1) is 0 Å². The minimum atomic E-state index is -1.22. The van der Waals surface area contributed by atoms with E-state index in [1.807, 2.05) is 287 Å². The van der Waals surface area contributed by atoms with Gasteiger partial charge >= 0.3 is 11.9 Å². The number of aromatic nitrogens is 6. The van der Waals surface area contributed by atoms with Gasteiger partial charge in [-0.2, -0.15) is 36.4 Å². The van der Waals surface area contributed by atoms with Gasteiger partial charge in [0.2, 0.25) is 10.9 Å². The number of carbonyl (C=O) groups excluding carboxylic acids is 2. The molecule has 0 radical (unpaired) electrons. The molecule has 0 saturated heterocycles. The van der Waals surface area contributed by atoms with E-state index in [4.69, 9.17) is 52.1 Å². The van der Waals surface area contributed by atoms with Crippen LogP contribution in [-0.2, 0) is 84.3 Å². The number of aromatic carboxylic acids is 2. The number of H-pyrrole nitrogens is 2. The Kier molecular flexibility index (Phi) is 78.3. The summed E-state index contributed by atoms with van der Waals surface area (Å²) in [4.78, 5) is 110. The molecular formula is C116H144N12O14W4-4. The van der Waals surface area contributed by atoms with Crippen LogP contribution in [-0.4, -0.2) is 63.0 Å². The fourth-order valence-corrected chi connectivity index (χ4v) is 11.6. The first-order valence-corrected chi connectivity index (χ1v) is 46.0. The van der Waals surface area contributed by atoms with Crippen LogP contribution in [0.2, 0.25) is 0 Å². The van der Waals surface area contributed by atoms with Crippen molar-refractivity contribution in [3.8, 4) is 68.1 Å². The molecule has 0 saturated carbocycles. The van der Waals surface area contributed by atoms with Crippen molar-refractivity contribution >= 4 is 46.5 Å². The molecule has 6 heterocycles. The molecule has 146 heavy (non-hydrogen) atoms. The van der Waals surface area contributed by atoms with Crippen molar-refractivity contribution < 1.29 is 133 Å². The Morgan fingerprint density at radius 1 is 0.384 bits per heavy atom. The van der Waals surface area contributed by atoms with Gasteiger partial charge in [0.1, 0.15) is 45.3 Å². The summed E-state index contributed by atoms with van der Waals surface area (Å²) in [7, 11) is 0. The maximum atomic E-state index is 12.9. The van der Waals surface area contributed by atoms with E-state index < -0.39 is 34.7 Å². The van der Waals surface area contributed by atoms with Gasteiger partial charge in [-0.1, -0.05) is 260 Å². The fourth-order valence-electron chi connectivity index (χ4n) is 11.6. The molecule has 0 aliphatic heterocycles. The first kappa shape index (κ1) is 143. The minimum absolute atomic E-state index is 0. The molecular weight excluding hydrogens is 2520 g/mol. The summed E-state index contributed by atoms with van der Waals surface area (Å²) < 4.78 is 25.4. The number of carboxylic acids is 2. The molecule has 26 nitrogen and oxygen atoms in total. The van der Waals surface area contributed by atoms with Crippen LogP contribution in [0.5, 0.6) is 34.5 Å². The van der Waals surface area contributed by atoms with Gasteiger partial charge in [0, 0.05) is 167 Å². The first-order chi connectivity index (χ1) is 67.5. The Balaban J connectivity index is -0.000000398. The number of aromatic amines is 2. The number of nitrogens with one attached hydrogen (secondary N) is 4. The number of nitrogens with zero attached hydrogens (tertiary/aromatic N) is 4. The van der Waals surface area contributed by atoms with Gasteiger partial charge in [0.25, 0.3) is 22.9 Å². The SMILES string of the molecule is C.C.C=C([C-]=CN)Oc1cc(C)c(N)cc1C.C=C([C-]=CN)Oc1cc(C)c(N)cc1C.CC.CC.CC.CC.CC.CC.CC.CC.Cc1cc(Oc2[c-]cncc2)c(C)cc1NC(=O)c1c[nH]cc(-c2ccccc2)c1=O.Cc1cc(Oc2[c-]cncc2)c(C)cc1NC(=O)c1cccn(-c2ccccc2)c1=O.O=C(O)c1c[nH]cc(-c2ccccc2)c1=O.O=C(O)c1cccn(-c2ccccc2)c1=O.[W].[W].[W].[W]. The van der Waals surface area contributed by atoms with Crippen LogP contribution in [0.15, 0.2) is 324 Å². The van der Waals surface area contributed by atoms with Crippen LogP contribution in [0.4, 0.5) is 22.7 Å². The number of hydrogen-bond acceptors (Lipinski definition) is 18. The maximum Gasteiger partial charge on any atom is 0.341 e. The molecule has 0 atom stereocenters. The third kappa shape index (κ3) is 46.3. The van der Waals surface area contributed by atoms with Crippen molar-refractivity contribution in [2.75, 3.05) is 22.1 Å². The molecule has 8 aromatic carbocycles. The molecule has 0 unspecified atom stereocenters. The molecule has 2 amide bonds. The third-order valence-electron chi connectivity index (χ3n) is 18.2. The summed E-state index contributed by atoms with van der Waals surface area (Å²) in [6.07, 6.45) is 23.1. The number of benzene rings is 8. The van der Waals surface area contributed by atoms with Crippen molar-refractivity contribution in [1.29, 1.82) is 0 Å². The van der Waals surface area contributed by atoms with E-state index in [0.717, 1.165) is 72.9 Å². The number of allylic oxidation sites excluding steroid dienone is 2. The maximum absolute atomic E-state index is 12.9. The van der Waals surface area contributed by atoms with Crippen LogP contribution in [0.3, 0.4) is 0 Å². The van der Waals surface area contributed by atoms with Crippen LogP contribution in [0.1, 0.15) is 212 Å². The van der Waals surface area contributed by atoms with Gasteiger partial charge in [0.15, 0.2) is 0 Å². The Morgan fingerprint density at radius 2 is 0.685 bits per heavy atom. The topological polar surface area (TPSA) is 409 Å². The van der Waals surface area contributed by atoms with Crippen molar-refractivity contribution in [3.63, 3.8) is 0 Å². The monoisotopic (exact) mass is 2660 g/mol. The van der Waals surface area contributed by atoms with Crippen molar-refractivity contribution in [3.05, 3.63) is 438 Å². The van der Waals surface area contributed by atoms with Crippen LogP contribution >= 0.6 is 0 Å². The summed E-state index contributed by atoms with van der Waals surface area (Å²) >= 11 is 0. The molecule has 780 valence electrons. The number of para-hydroxylation sites is 2. The van der Waals surface area contributed by atoms with Crippen molar-refractivity contribution in [2.24, 2.45) is 11.5 Å². The second-order valence-electron chi connectivity index (χ2n) is 27.2. The molecule has 14 N–H and O–H groups in total. The van der Waals surface area contributed by atoms with E-state index in [2.05, 4.69) is 68.0 Å². The molecule has 14 aromatic rings. The van der Waals surface area contributed by atoms with Crippen LogP contribution in [0.25, 0.3) is 33.6 Å². The molecule has 0 spiro atoms. The van der Waals surface area contributed by atoms with E-state index in [0.29, 0.717) is 74.0 Å². The second-order valence-corrected chi connectivity index (χ2v) is 27.2. The molecule has 0 aliphatic rings. The number of amides is 2. The zero-order chi connectivity index (χ0) is 106. The predicted octanol–water partition coefficient (Wildman–Crippen LogP) is 26.4. The number of carbonyl (C=O) groups is 4. The summed E-state index contributed by atoms with van der Waals surface area (Å²) in [6.45, 7) is 54.5. The largest absolute Gasteiger partial charge is 0.496 e. The van der Waals surface area contributed by atoms with E-state index in [-0.39, 0.29) is 132 Å². The Hall–Kier alpha value is -14.1. The van der Waals surface area contributed by atoms with Gasteiger partial charge in [-0.3, -0.25) is 37.9 Å². The molecule has 30 heteroatoms. The Labute approximate surface area is 920 Å². The van der Waals surface area contributed by atoms with E-state index >= 15 is 0 Å². The molecule has 14 rings (SSSR count). The normalized spacial score (nSPS) is 9.15. The van der Waals surface area contributed by atoms with E-state index in [9.17, 15) is 38.4 Å². The van der Waals surface area contributed by atoms with Crippen molar-refractivity contribution in [1.82, 2.24) is 29.1 Å². The zero-order valence-electron chi connectivity index (χ0n) is 86.5. The number of carboxylic acid groups (broad SMARTS) is 2. The summed E-state index contributed by atoms with van der Waals surface area (Å²) in [5.41, 5.74) is 33.3. The van der Waals surface area contributed by atoms with Gasteiger partial charge < -0.3 is 82.7 Å². The third-order valence-corrected chi connectivity index (χ3v) is 18.2. The number of nitrogen functional groups attached to an aromatic ring is 2. The average Bonchev–Trinajstić information content (AvgIpc) is 0.864. The zero-order valence-corrected chi connectivity index (χ0v) is 98.2. The summed E-state index contributed by atoms with van der Waals surface area (Å²) in [5.74, 6) is 1.25. The van der Waals surface area contributed by atoms with E-state index in [1.54, 1.807) is 97.7 Å². The first-order valence-electron chi connectivity index (χ1n) is 46.0. The Morgan fingerprint density at radius 3 is 1.01 bits per heavy atom.